The molecule has 0 aliphatic carbocycles. The highest BCUT2D eigenvalue weighted by molar-refractivity contribution is 8.19. The number of thioether (sulfide) groups is 1. The van der Waals surface area contributed by atoms with Crippen molar-refractivity contribution in [1.82, 2.24) is 0 Å². The van der Waals surface area contributed by atoms with Gasteiger partial charge in [0.1, 0.15) is 12.4 Å². The molecular formula is C23H15ClN2O5S. The lowest BCUT2D eigenvalue weighted by atomic mass is 10.2. The van der Waals surface area contributed by atoms with Gasteiger partial charge in [-0.25, -0.2) is 4.90 Å². The number of nitro groups is 1. The molecule has 1 saturated heterocycles. The van der Waals surface area contributed by atoms with Gasteiger partial charge in [-0.1, -0.05) is 41.9 Å². The van der Waals surface area contributed by atoms with Gasteiger partial charge in [-0.2, -0.15) is 0 Å². The van der Waals surface area contributed by atoms with E-state index < -0.39 is 10.8 Å². The van der Waals surface area contributed by atoms with E-state index >= 15 is 0 Å². The largest absolute Gasteiger partial charge is 0.489 e. The first-order valence-electron chi connectivity index (χ1n) is 9.40. The molecule has 32 heavy (non-hydrogen) atoms. The molecule has 1 aliphatic rings. The summed E-state index contributed by atoms with van der Waals surface area (Å²) >= 11 is 6.84. The quantitative estimate of drug-likeness (QED) is 0.249. The molecule has 0 spiro atoms. The summed E-state index contributed by atoms with van der Waals surface area (Å²) in [5, 5.41) is 10.9. The number of hydrogen-bond acceptors (Lipinski definition) is 6. The van der Waals surface area contributed by atoms with Crippen LogP contribution in [-0.4, -0.2) is 16.1 Å². The number of non-ortho nitro benzene ring substituents is 1. The van der Waals surface area contributed by atoms with E-state index in [9.17, 15) is 19.7 Å². The standard InChI is InChI=1S/C23H15ClN2O5S/c24-17-4-2-5-18(13-17)25-22(27)21(32-23(25)28)12-15-7-9-20(10-8-15)31-14-16-3-1-6-19(11-16)26(29)30/h1-13H,14H2/b21-12+. The Labute approximate surface area is 192 Å². The highest BCUT2D eigenvalue weighted by atomic mass is 35.5. The monoisotopic (exact) mass is 466 g/mol. The van der Waals surface area contributed by atoms with Crippen LogP contribution in [0.25, 0.3) is 6.08 Å². The number of nitrogens with zero attached hydrogens (tertiary/aromatic N) is 2. The van der Waals surface area contributed by atoms with Gasteiger partial charge >= 0.3 is 0 Å². The van der Waals surface area contributed by atoms with Crippen LogP contribution in [0.3, 0.4) is 0 Å². The molecule has 3 aromatic rings. The lowest BCUT2D eigenvalue weighted by molar-refractivity contribution is -0.384. The van der Waals surface area contributed by atoms with Crippen LogP contribution in [0.15, 0.2) is 77.7 Å². The average molecular weight is 467 g/mol. The number of anilines is 1. The molecule has 2 amide bonds. The molecule has 3 aromatic carbocycles. The van der Waals surface area contributed by atoms with Crippen LogP contribution in [-0.2, 0) is 11.4 Å². The first kappa shape index (κ1) is 21.6. The smallest absolute Gasteiger partial charge is 0.298 e. The van der Waals surface area contributed by atoms with Gasteiger partial charge in [0.2, 0.25) is 0 Å². The highest BCUT2D eigenvalue weighted by Gasteiger charge is 2.36. The Morgan fingerprint density at radius 3 is 2.50 bits per heavy atom. The summed E-state index contributed by atoms with van der Waals surface area (Å²) in [5.74, 6) is 0.161. The molecule has 1 heterocycles. The third-order valence-electron chi connectivity index (χ3n) is 4.56. The lowest BCUT2D eigenvalue weighted by Gasteiger charge is -2.12. The number of benzene rings is 3. The fourth-order valence-corrected chi connectivity index (χ4v) is 4.07. The third kappa shape index (κ3) is 4.82. The minimum atomic E-state index is -0.452. The van der Waals surface area contributed by atoms with Gasteiger partial charge in [0, 0.05) is 17.2 Å². The number of ether oxygens (including phenoxy) is 1. The summed E-state index contributed by atoms with van der Waals surface area (Å²) in [6.45, 7) is 0.180. The van der Waals surface area contributed by atoms with E-state index in [0.717, 1.165) is 22.2 Å². The molecule has 160 valence electrons. The van der Waals surface area contributed by atoms with Crippen molar-refractivity contribution in [2.45, 2.75) is 6.61 Å². The second-order valence-corrected chi connectivity index (χ2v) is 8.21. The molecular weight excluding hydrogens is 452 g/mol. The Morgan fingerprint density at radius 1 is 1.03 bits per heavy atom. The molecule has 0 saturated carbocycles. The van der Waals surface area contributed by atoms with Gasteiger partial charge in [-0.15, -0.1) is 0 Å². The maximum absolute atomic E-state index is 12.7. The van der Waals surface area contributed by atoms with Crippen LogP contribution in [0.5, 0.6) is 5.75 Å². The number of rotatable bonds is 6. The molecule has 7 nitrogen and oxygen atoms in total. The van der Waals surface area contributed by atoms with E-state index in [1.54, 1.807) is 66.7 Å². The zero-order chi connectivity index (χ0) is 22.7. The van der Waals surface area contributed by atoms with Crippen LogP contribution in [0.4, 0.5) is 16.2 Å². The molecule has 0 radical (unpaired) electrons. The number of carbonyl (C=O) groups is 2. The van der Waals surface area contributed by atoms with Crippen LogP contribution < -0.4 is 9.64 Å². The number of imide groups is 1. The molecule has 1 aliphatic heterocycles. The predicted molar refractivity (Wildman–Crippen MR) is 124 cm³/mol. The van der Waals surface area contributed by atoms with Crippen molar-refractivity contribution < 1.29 is 19.2 Å². The molecule has 0 bridgehead atoms. The summed E-state index contributed by atoms with van der Waals surface area (Å²) in [6.07, 6.45) is 1.64. The van der Waals surface area contributed by atoms with Gasteiger partial charge < -0.3 is 4.74 Å². The molecule has 0 atom stereocenters. The van der Waals surface area contributed by atoms with Crippen molar-refractivity contribution in [2.24, 2.45) is 0 Å². The van der Waals surface area contributed by atoms with Crippen molar-refractivity contribution >= 4 is 52.0 Å². The van der Waals surface area contributed by atoms with E-state index in [1.807, 2.05) is 0 Å². The third-order valence-corrected chi connectivity index (χ3v) is 5.67. The van der Waals surface area contributed by atoms with Gasteiger partial charge in [-0.05, 0) is 59.3 Å². The fourth-order valence-electron chi connectivity index (χ4n) is 3.04. The van der Waals surface area contributed by atoms with Crippen molar-refractivity contribution in [3.8, 4) is 5.75 Å². The Morgan fingerprint density at radius 2 is 1.78 bits per heavy atom. The Hall–Kier alpha value is -3.62. The van der Waals surface area contributed by atoms with Gasteiger partial charge in [-0.3, -0.25) is 19.7 Å². The summed E-state index contributed by atoms with van der Waals surface area (Å²) in [7, 11) is 0. The number of halogens is 1. The molecule has 4 rings (SSSR count). The van der Waals surface area contributed by atoms with E-state index in [4.69, 9.17) is 16.3 Å². The molecule has 0 N–H and O–H groups in total. The first-order chi connectivity index (χ1) is 15.4. The topological polar surface area (TPSA) is 89.7 Å². The van der Waals surface area contributed by atoms with Crippen molar-refractivity contribution in [1.29, 1.82) is 0 Å². The SMILES string of the molecule is O=C1S/C(=C/c2ccc(OCc3cccc([N+](=O)[O-])c3)cc2)C(=O)N1c1cccc(Cl)c1. The molecule has 0 aromatic heterocycles. The van der Waals surface area contributed by atoms with Crippen molar-refractivity contribution in [3.63, 3.8) is 0 Å². The predicted octanol–water partition coefficient (Wildman–Crippen LogP) is 6.07. The second-order valence-electron chi connectivity index (χ2n) is 6.78. The zero-order valence-corrected chi connectivity index (χ0v) is 18.0. The van der Waals surface area contributed by atoms with E-state index in [0.29, 0.717) is 26.9 Å². The zero-order valence-electron chi connectivity index (χ0n) is 16.4. The normalized spacial score (nSPS) is 14.8. The highest BCUT2D eigenvalue weighted by Crippen LogP contribution is 2.36. The molecule has 1 fully saturated rings. The Bertz CT molecular complexity index is 1240. The summed E-state index contributed by atoms with van der Waals surface area (Å²) in [6, 6.07) is 19.8. The first-order valence-corrected chi connectivity index (χ1v) is 10.6. The second kappa shape index (κ2) is 9.25. The van der Waals surface area contributed by atoms with Crippen LogP contribution in [0.2, 0.25) is 5.02 Å². The summed E-state index contributed by atoms with van der Waals surface area (Å²) in [4.78, 5) is 36.9. The minimum absolute atomic E-state index is 0.00756. The number of carbonyl (C=O) groups excluding carboxylic acids is 2. The molecule has 0 unspecified atom stereocenters. The van der Waals surface area contributed by atoms with Gasteiger partial charge in [0.25, 0.3) is 16.8 Å². The van der Waals surface area contributed by atoms with E-state index in [1.165, 1.54) is 12.1 Å². The van der Waals surface area contributed by atoms with E-state index in [2.05, 4.69) is 0 Å². The maximum Gasteiger partial charge on any atom is 0.298 e. The summed E-state index contributed by atoms with van der Waals surface area (Å²) < 4.78 is 5.69. The van der Waals surface area contributed by atoms with Crippen LogP contribution >= 0.6 is 23.4 Å². The number of hydrogen-bond donors (Lipinski definition) is 0. The van der Waals surface area contributed by atoms with Crippen molar-refractivity contribution in [2.75, 3.05) is 4.90 Å². The van der Waals surface area contributed by atoms with Crippen LogP contribution in [0, 0.1) is 10.1 Å². The number of nitro benzene ring substituents is 1. The van der Waals surface area contributed by atoms with E-state index in [-0.39, 0.29) is 17.5 Å². The lowest BCUT2D eigenvalue weighted by Crippen LogP contribution is -2.27. The van der Waals surface area contributed by atoms with Crippen LogP contribution in [0.1, 0.15) is 11.1 Å². The molecule has 9 heteroatoms. The maximum atomic E-state index is 12.7. The van der Waals surface area contributed by atoms with Crippen molar-refractivity contribution in [3.05, 3.63) is 104 Å². The minimum Gasteiger partial charge on any atom is -0.489 e. The average Bonchev–Trinajstić information content (AvgIpc) is 3.06. The number of amides is 2. The van der Waals surface area contributed by atoms with Gasteiger partial charge in [0.15, 0.2) is 0 Å². The Balaban J connectivity index is 1.44. The summed E-state index contributed by atoms with van der Waals surface area (Å²) in [5.41, 5.74) is 1.84. The van der Waals surface area contributed by atoms with Gasteiger partial charge in [0.05, 0.1) is 15.5 Å². The fraction of sp³-hybridized carbons (Fsp3) is 0.0435. The Kier molecular flexibility index (Phi) is 6.25.